The number of thioether (sulfide) groups is 1. The highest BCUT2D eigenvalue weighted by molar-refractivity contribution is 8.02. The molecule has 0 aliphatic carbocycles. The van der Waals surface area contributed by atoms with Crippen LogP contribution in [0.1, 0.15) is 12.5 Å². The van der Waals surface area contributed by atoms with Crippen molar-refractivity contribution in [2.75, 3.05) is 5.32 Å². The normalized spacial score (nSPS) is 12.0. The SMILES string of the molecule is Cc1ccc(-c2csc(S[C@H](C)C(=O)Nc3cccnc3Cl)n2)cc1. The molecule has 0 saturated heterocycles. The molecule has 2 aromatic heterocycles. The number of carbonyl (C=O) groups excluding carboxylic acids is 1. The minimum atomic E-state index is -0.298. The molecule has 1 atom stereocenters. The van der Waals surface area contributed by atoms with Crippen LogP contribution in [-0.2, 0) is 4.79 Å². The summed E-state index contributed by atoms with van der Waals surface area (Å²) in [5.41, 5.74) is 3.73. The quantitative estimate of drug-likeness (QED) is 0.476. The average molecular weight is 390 g/mol. The van der Waals surface area contributed by atoms with E-state index in [1.54, 1.807) is 18.3 Å². The maximum absolute atomic E-state index is 12.3. The molecule has 3 rings (SSSR count). The highest BCUT2D eigenvalue weighted by atomic mass is 35.5. The second kappa shape index (κ2) is 7.99. The van der Waals surface area contributed by atoms with Gasteiger partial charge in [0.05, 0.1) is 16.6 Å². The van der Waals surface area contributed by atoms with Crippen molar-refractivity contribution < 1.29 is 4.79 Å². The Balaban J connectivity index is 1.65. The number of amides is 1. The summed E-state index contributed by atoms with van der Waals surface area (Å²) in [5.74, 6) is -0.132. The molecule has 0 saturated carbocycles. The number of benzene rings is 1. The van der Waals surface area contributed by atoms with E-state index in [-0.39, 0.29) is 16.3 Å². The fourth-order valence-electron chi connectivity index (χ4n) is 2.09. The molecule has 128 valence electrons. The number of pyridine rings is 1. The van der Waals surface area contributed by atoms with Gasteiger partial charge in [0.1, 0.15) is 0 Å². The van der Waals surface area contributed by atoms with Crippen LogP contribution in [0.2, 0.25) is 5.15 Å². The van der Waals surface area contributed by atoms with Gasteiger partial charge >= 0.3 is 0 Å². The first-order chi connectivity index (χ1) is 12.0. The molecule has 0 unspecified atom stereocenters. The predicted octanol–water partition coefficient (Wildman–Crippen LogP) is 5.29. The summed E-state index contributed by atoms with van der Waals surface area (Å²) < 4.78 is 0.857. The zero-order chi connectivity index (χ0) is 17.8. The Labute approximate surface area is 159 Å². The van der Waals surface area contributed by atoms with E-state index in [2.05, 4.69) is 46.5 Å². The molecule has 0 radical (unpaired) electrons. The number of aromatic nitrogens is 2. The van der Waals surface area contributed by atoms with Crippen LogP contribution in [0, 0.1) is 6.92 Å². The van der Waals surface area contributed by atoms with E-state index in [1.165, 1.54) is 28.7 Å². The summed E-state index contributed by atoms with van der Waals surface area (Å²) in [5, 5.41) is 4.79. The molecule has 2 heterocycles. The van der Waals surface area contributed by atoms with Gasteiger partial charge in [-0.05, 0) is 26.0 Å². The van der Waals surface area contributed by atoms with E-state index in [0.717, 1.165) is 15.6 Å². The van der Waals surface area contributed by atoms with Gasteiger partial charge in [-0.1, -0.05) is 53.2 Å². The molecule has 0 fully saturated rings. The Hall–Kier alpha value is -1.89. The van der Waals surface area contributed by atoms with Crippen LogP contribution in [0.15, 0.2) is 52.3 Å². The van der Waals surface area contributed by atoms with Crippen molar-refractivity contribution in [1.29, 1.82) is 0 Å². The molecule has 1 amide bonds. The fraction of sp³-hybridized carbons (Fsp3) is 0.167. The van der Waals surface area contributed by atoms with Gasteiger partial charge in [-0.25, -0.2) is 9.97 Å². The topological polar surface area (TPSA) is 54.9 Å². The number of hydrogen-bond donors (Lipinski definition) is 1. The van der Waals surface area contributed by atoms with Gasteiger partial charge in [-0.15, -0.1) is 11.3 Å². The number of rotatable bonds is 5. The minimum absolute atomic E-state index is 0.132. The van der Waals surface area contributed by atoms with Crippen LogP contribution < -0.4 is 5.32 Å². The van der Waals surface area contributed by atoms with Crippen LogP contribution in [0.3, 0.4) is 0 Å². The van der Waals surface area contributed by atoms with Crippen molar-refractivity contribution in [2.24, 2.45) is 0 Å². The number of hydrogen-bond acceptors (Lipinski definition) is 5. The zero-order valence-electron chi connectivity index (χ0n) is 13.7. The highest BCUT2D eigenvalue weighted by Gasteiger charge is 2.18. The van der Waals surface area contributed by atoms with Gasteiger partial charge in [0, 0.05) is 17.1 Å². The van der Waals surface area contributed by atoms with Crippen molar-refractivity contribution in [3.05, 3.63) is 58.7 Å². The summed E-state index contributed by atoms with van der Waals surface area (Å²) in [4.78, 5) is 20.9. The third-order valence-electron chi connectivity index (χ3n) is 3.49. The van der Waals surface area contributed by atoms with Gasteiger partial charge in [0.2, 0.25) is 5.91 Å². The van der Waals surface area contributed by atoms with Crippen molar-refractivity contribution in [3.8, 4) is 11.3 Å². The first kappa shape index (κ1) is 17.9. The van der Waals surface area contributed by atoms with Crippen LogP contribution in [-0.4, -0.2) is 21.1 Å². The third kappa shape index (κ3) is 4.60. The van der Waals surface area contributed by atoms with E-state index in [0.29, 0.717) is 5.69 Å². The maximum atomic E-state index is 12.3. The summed E-state index contributed by atoms with van der Waals surface area (Å²) in [6, 6.07) is 11.7. The molecule has 0 spiro atoms. The number of aryl methyl sites for hydroxylation is 1. The lowest BCUT2D eigenvalue weighted by Gasteiger charge is -2.11. The maximum Gasteiger partial charge on any atom is 0.237 e. The molecular weight excluding hydrogens is 374 g/mol. The molecule has 1 aromatic carbocycles. The molecule has 0 aliphatic heterocycles. The van der Waals surface area contributed by atoms with E-state index in [4.69, 9.17) is 11.6 Å². The van der Waals surface area contributed by atoms with Gasteiger partial charge in [-0.2, -0.15) is 0 Å². The van der Waals surface area contributed by atoms with Crippen LogP contribution >= 0.6 is 34.7 Å². The number of carbonyl (C=O) groups is 1. The standard InChI is InChI=1S/C18H16ClN3OS2/c1-11-5-7-13(8-6-11)15-10-24-18(22-15)25-12(2)17(23)21-14-4-3-9-20-16(14)19/h3-10,12H,1-2H3,(H,21,23)/t12-/m1/s1. The lowest BCUT2D eigenvalue weighted by molar-refractivity contribution is -0.115. The Morgan fingerprint density at radius 2 is 2.04 bits per heavy atom. The van der Waals surface area contributed by atoms with E-state index in [1.807, 2.05) is 12.3 Å². The summed E-state index contributed by atoms with van der Waals surface area (Å²) >= 11 is 8.94. The molecule has 25 heavy (non-hydrogen) atoms. The van der Waals surface area contributed by atoms with E-state index >= 15 is 0 Å². The van der Waals surface area contributed by atoms with Gasteiger partial charge in [0.15, 0.2) is 9.49 Å². The number of thiazole rings is 1. The Kier molecular flexibility index (Phi) is 5.73. The van der Waals surface area contributed by atoms with Crippen LogP contribution in [0.5, 0.6) is 0 Å². The predicted molar refractivity (Wildman–Crippen MR) is 105 cm³/mol. The fourth-order valence-corrected chi connectivity index (χ4v) is 4.22. The van der Waals surface area contributed by atoms with Crippen LogP contribution in [0.4, 0.5) is 5.69 Å². The smallest absolute Gasteiger partial charge is 0.237 e. The Morgan fingerprint density at radius 3 is 2.76 bits per heavy atom. The van der Waals surface area contributed by atoms with E-state index in [9.17, 15) is 4.79 Å². The third-order valence-corrected chi connectivity index (χ3v) is 5.87. The second-order valence-corrected chi connectivity index (χ2v) is 8.26. The molecule has 3 aromatic rings. The zero-order valence-corrected chi connectivity index (χ0v) is 16.1. The summed E-state index contributed by atoms with van der Waals surface area (Å²) in [7, 11) is 0. The molecule has 4 nitrogen and oxygen atoms in total. The lowest BCUT2D eigenvalue weighted by Crippen LogP contribution is -2.22. The van der Waals surface area contributed by atoms with Crippen molar-refractivity contribution in [3.63, 3.8) is 0 Å². The van der Waals surface area contributed by atoms with Crippen molar-refractivity contribution >= 4 is 46.3 Å². The molecule has 0 bridgehead atoms. The number of halogens is 1. The second-order valence-electron chi connectivity index (χ2n) is 5.46. The average Bonchev–Trinajstić information content (AvgIpc) is 3.06. The van der Waals surface area contributed by atoms with Gasteiger partial charge in [-0.3, -0.25) is 4.79 Å². The van der Waals surface area contributed by atoms with Crippen LogP contribution in [0.25, 0.3) is 11.3 Å². The Morgan fingerprint density at radius 1 is 1.28 bits per heavy atom. The van der Waals surface area contributed by atoms with Gasteiger partial charge in [0.25, 0.3) is 0 Å². The van der Waals surface area contributed by atoms with Crippen molar-refractivity contribution in [2.45, 2.75) is 23.4 Å². The Bertz CT molecular complexity index is 880. The highest BCUT2D eigenvalue weighted by Crippen LogP contribution is 2.31. The first-order valence-electron chi connectivity index (χ1n) is 7.63. The number of nitrogens with one attached hydrogen (secondary N) is 1. The first-order valence-corrected chi connectivity index (χ1v) is 9.77. The largest absolute Gasteiger partial charge is 0.322 e. The monoisotopic (exact) mass is 389 g/mol. The molecule has 1 N–H and O–H groups in total. The number of nitrogens with zero attached hydrogens (tertiary/aromatic N) is 2. The van der Waals surface area contributed by atoms with E-state index < -0.39 is 0 Å². The van der Waals surface area contributed by atoms with Gasteiger partial charge < -0.3 is 5.32 Å². The lowest BCUT2D eigenvalue weighted by atomic mass is 10.1. The van der Waals surface area contributed by atoms with Crippen molar-refractivity contribution in [1.82, 2.24) is 9.97 Å². The summed E-state index contributed by atoms with van der Waals surface area (Å²) in [6.07, 6.45) is 1.58. The molecule has 0 aliphatic rings. The molecular formula is C18H16ClN3OS2. The minimum Gasteiger partial charge on any atom is -0.322 e. The molecule has 7 heteroatoms. The summed E-state index contributed by atoms with van der Waals surface area (Å²) in [6.45, 7) is 3.90. The number of anilines is 1.